The van der Waals surface area contributed by atoms with Gasteiger partial charge in [0.15, 0.2) is 6.61 Å². The molecule has 0 aliphatic carbocycles. The number of benzene rings is 1. The number of carboxylic acids is 1. The Balaban J connectivity index is 1.96. The summed E-state index contributed by atoms with van der Waals surface area (Å²) < 4.78 is 5.07. The van der Waals surface area contributed by atoms with E-state index in [4.69, 9.17) is 9.84 Å². The number of aliphatic carboxylic acids is 1. The number of nitrogens with zero attached hydrogens (tertiary/aromatic N) is 1. The number of rotatable bonds is 6. The smallest absolute Gasteiger partial charge is 0.341 e. The minimum atomic E-state index is -1.07. The third kappa shape index (κ3) is 5.06. The number of thiazole rings is 1. The monoisotopic (exact) mass is 348 g/mol. The molecule has 6 nitrogen and oxygen atoms in total. The van der Waals surface area contributed by atoms with Crippen LogP contribution in [0.5, 0.6) is 5.75 Å². The number of carboxylic acid groups (broad SMARTS) is 1. The minimum Gasteiger partial charge on any atom is -0.482 e. The lowest BCUT2D eigenvalue weighted by Crippen LogP contribution is -2.23. The Bertz CT molecular complexity index is 734. The molecule has 1 amide bonds. The van der Waals surface area contributed by atoms with Crippen molar-refractivity contribution in [2.75, 3.05) is 6.61 Å². The number of carbonyl (C=O) groups is 2. The van der Waals surface area contributed by atoms with E-state index in [1.54, 1.807) is 18.2 Å². The molecule has 7 heteroatoms. The average Bonchev–Trinajstić information content (AvgIpc) is 3.00. The Morgan fingerprint density at radius 2 is 2.08 bits per heavy atom. The number of ether oxygens (including phenoxy) is 1. The molecular formula is C17H20N2O4S. The maximum Gasteiger partial charge on any atom is 0.341 e. The van der Waals surface area contributed by atoms with E-state index in [0.29, 0.717) is 17.9 Å². The van der Waals surface area contributed by atoms with Gasteiger partial charge >= 0.3 is 5.97 Å². The van der Waals surface area contributed by atoms with Crippen molar-refractivity contribution in [2.45, 2.75) is 32.7 Å². The van der Waals surface area contributed by atoms with Gasteiger partial charge in [-0.2, -0.15) is 0 Å². The van der Waals surface area contributed by atoms with E-state index in [-0.39, 0.29) is 11.3 Å². The molecule has 2 aromatic rings. The van der Waals surface area contributed by atoms with Crippen LogP contribution >= 0.6 is 11.3 Å². The van der Waals surface area contributed by atoms with E-state index < -0.39 is 12.6 Å². The fourth-order valence-electron chi connectivity index (χ4n) is 1.87. The molecule has 1 heterocycles. The van der Waals surface area contributed by atoms with Crippen molar-refractivity contribution in [3.05, 3.63) is 45.9 Å². The summed E-state index contributed by atoms with van der Waals surface area (Å²) in [5.41, 5.74) is 1.39. The van der Waals surface area contributed by atoms with Crippen molar-refractivity contribution in [3.63, 3.8) is 0 Å². The van der Waals surface area contributed by atoms with Gasteiger partial charge in [0, 0.05) is 16.4 Å². The Morgan fingerprint density at radius 3 is 2.71 bits per heavy atom. The van der Waals surface area contributed by atoms with Crippen molar-refractivity contribution in [1.29, 1.82) is 0 Å². The van der Waals surface area contributed by atoms with Crippen LogP contribution in [0.2, 0.25) is 0 Å². The van der Waals surface area contributed by atoms with Gasteiger partial charge in [0.05, 0.1) is 12.2 Å². The summed E-state index contributed by atoms with van der Waals surface area (Å²) in [7, 11) is 0. The van der Waals surface area contributed by atoms with Crippen LogP contribution in [0.3, 0.4) is 0 Å². The second-order valence-electron chi connectivity index (χ2n) is 6.27. The van der Waals surface area contributed by atoms with Crippen molar-refractivity contribution < 1.29 is 19.4 Å². The van der Waals surface area contributed by atoms with Gasteiger partial charge in [-0.3, -0.25) is 4.79 Å². The predicted octanol–water partition coefficient (Wildman–Crippen LogP) is 2.83. The first-order valence-corrected chi connectivity index (χ1v) is 8.31. The Hall–Kier alpha value is -2.41. The van der Waals surface area contributed by atoms with Crippen molar-refractivity contribution in [3.8, 4) is 5.75 Å². The third-order valence-corrected chi connectivity index (χ3v) is 4.03. The van der Waals surface area contributed by atoms with E-state index in [2.05, 4.69) is 31.1 Å². The second-order valence-corrected chi connectivity index (χ2v) is 7.21. The van der Waals surface area contributed by atoms with Gasteiger partial charge < -0.3 is 15.2 Å². The quantitative estimate of drug-likeness (QED) is 0.838. The zero-order valence-corrected chi connectivity index (χ0v) is 14.6. The van der Waals surface area contributed by atoms with E-state index >= 15 is 0 Å². The highest BCUT2D eigenvalue weighted by Crippen LogP contribution is 2.23. The Kier molecular flexibility index (Phi) is 5.56. The SMILES string of the molecule is CC(C)(C)c1csc(CNC(=O)c2cccc(OCC(=O)O)c2)n1. The molecule has 24 heavy (non-hydrogen) atoms. The summed E-state index contributed by atoms with van der Waals surface area (Å²) in [6, 6.07) is 6.41. The lowest BCUT2D eigenvalue weighted by Gasteiger charge is -2.14. The van der Waals surface area contributed by atoms with Gasteiger partial charge in [0.1, 0.15) is 10.8 Å². The van der Waals surface area contributed by atoms with Crippen LogP contribution in [0, 0.1) is 0 Å². The van der Waals surface area contributed by atoms with Gasteiger partial charge in [-0.1, -0.05) is 26.8 Å². The van der Waals surface area contributed by atoms with Crippen LogP contribution in [0.4, 0.5) is 0 Å². The topological polar surface area (TPSA) is 88.5 Å². The minimum absolute atomic E-state index is 0.0193. The largest absolute Gasteiger partial charge is 0.482 e. The van der Waals surface area contributed by atoms with Crippen LogP contribution in [-0.4, -0.2) is 28.6 Å². The fraction of sp³-hybridized carbons (Fsp3) is 0.353. The molecule has 0 radical (unpaired) electrons. The Labute approximate surface area is 144 Å². The molecule has 0 atom stereocenters. The average molecular weight is 348 g/mol. The van der Waals surface area contributed by atoms with Gasteiger partial charge in [-0.25, -0.2) is 9.78 Å². The predicted molar refractivity (Wildman–Crippen MR) is 91.6 cm³/mol. The summed E-state index contributed by atoms with van der Waals surface area (Å²) >= 11 is 1.51. The highest BCUT2D eigenvalue weighted by molar-refractivity contribution is 7.09. The van der Waals surface area contributed by atoms with Gasteiger partial charge in [0.2, 0.25) is 0 Å². The summed E-state index contributed by atoms with van der Waals surface area (Å²) in [4.78, 5) is 27.2. The molecule has 2 N–H and O–H groups in total. The number of hydrogen-bond acceptors (Lipinski definition) is 5. The molecule has 1 aromatic heterocycles. The summed E-state index contributed by atoms with van der Waals surface area (Å²) in [5, 5.41) is 14.3. The molecule has 0 spiro atoms. The van der Waals surface area contributed by atoms with E-state index in [0.717, 1.165) is 10.7 Å². The lowest BCUT2D eigenvalue weighted by atomic mass is 9.93. The van der Waals surface area contributed by atoms with Crippen LogP contribution in [-0.2, 0) is 16.8 Å². The molecule has 0 saturated carbocycles. The van der Waals surface area contributed by atoms with Crippen molar-refractivity contribution in [2.24, 2.45) is 0 Å². The molecule has 0 unspecified atom stereocenters. The normalized spacial score (nSPS) is 11.1. The summed E-state index contributed by atoms with van der Waals surface area (Å²) in [5.74, 6) is -0.985. The zero-order chi connectivity index (χ0) is 17.7. The molecular weight excluding hydrogens is 328 g/mol. The first-order valence-electron chi connectivity index (χ1n) is 7.43. The Morgan fingerprint density at radius 1 is 1.33 bits per heavy atom. The number of aromatic nitrogens is 1. The third-order valence-electron chi connectivity index (χ3n) is 3.18. The van der Waals surface area contributed by atoms with Crippen molar-refractivity contribution >= 4 is 23.2 Å². The molecule has 0 saturated heterocycles. The second kappa shape index (κ2) is 7.44. The van der Waals surface area contributed by atoms with Crippen molar-refractivity contribution in [1.82, 2.24) is 10.3 Å². The maximum absolute atomic E-state index is 12.2. The zero-order valence-electron chi connectivity index (χ0n) is 13.8. The molecule has 0 fully saturated rings. The standard InChI is InChI=1S/C17H20N2O4S/c1-17(2,3)13-10-24-14(19-13)8-18-16(22)11-5-4-6-12(7-11)23-9-15(20)21/h4-7,10H,8-9H2,1-3H3,(H,18,22)(H,20,21). The molecule has 1 aromatic carbocycles. The van der Waals surface area contributed by atoms with Gasteiger partial charge in [-0.05, 0) is 18.2 Å². The highest BCUT2D eigenvalue weighted by Gasteiger charge is 2.17. The fourth-order valence-corrected chi connectivity index (χ4v) is 2.83. The summed E-state index contributed by atoms with van der Waals surface area (Å²) in [6.07, 6.45) is 0. The van der Waals surface area contributed by atoms with Crippen LogP contribution in [0.25, 0.3) is 0 Å². The van der Waals surface area contributed by atoms with Crippen LogP contribution < -0.4 is 10.1 Å². The number of carbonyl (C=O) groups excluding carboxylic acids is 1. The first kappa shape index (κ1) is 17.9. The number of nitrogens with one attached hydrogen (secondary N) is 1. The van der Waals surface area contributed by atoms with E-state index in [9.17, 15) is 9.59 Å². The lowest BCUT2D eigenvalue weighted by molar-refractivity contribution is -0.139. The van der Waals surface area contributed by atoms with E-state index in [1.807, 2.05) is 5.38 Å². The molecule has 0 aliphatic rings. The number of amides is 1. The first-order chi connectivity index (χ1) is 11.3. The molecule has 0 aliphatic heterocycles. The molecule has 0 bridgehead atoms. The summed E-state index contributed by atoms with van der Waals surface area (Å²) in [6.45, 7) is 6.17. The van der Waals surface area contributed by atoms with Gasteiger partial charge in [0.25, 0.3) is 5.91 Å². The highest BCUT2D eigenvalue weighted by atomic mass is 32.1. The number of hydrogen-bond donors (Lipinski definition) is 2. The van der Waals surface area contributed by atoms with Crippen LogP contribution in [0.1, 0.15) is 41.8 Å². The van der Waals surface area contributed by atoms with Gasteiger partial charge in [-0.15, -0.1) is 11.3 Å². The van der Waals surface area contributed by atoms with E-state index in [1.165, 1.54) is 17.4 Å². The molecule has 2 rings (SSSR count). The van der Waals surface area contributed by atoms with Crippen LogP contribution in [0.15, 0.2) is 29.6 Å². The molecule has 128 valence electrons. The maximum atomic E-state index is 12.2.